The third kappa shape index (κ3) is 1.75. The molecule has 0 aromatic carbocycles. The fourth-order valence-corrected chi connectivity index (χ4v) is 1.21. The van der Waals surface area contributed by atoms with Crippen LogP contribution in [0.5, 0.6) is 0 Å². The number of hydrogen-bond acceptors (Lipinski definition) is 4. The van der Waals surface area contributed by atoms with Gasteiger partial charge in [0, 0.05) is 12.5 Å². The van der Waals surface area contributed by atoms with Crippen LogP contribution in [0, 0.1) is 5.92 Å². The Balaban J connectivity index is 2.07. The van der Waals surface area contributed by atoms with Gasteiger partial charge in [-0.05, 0) is 12.8 Å². The summed E-state index contributed by atoms with van der Waals surface area (Å²) in [5.74, 6) is 0.339. The maximum Gasteiger partial charge on any atom is 0.187 e. The van der Waals surface area contributed by atoms with Crippen LogP contribution in [0.1, 0.15) is 23.3 Å². The monoisotopic (exact) mass is 180 g/mol. The molecule has 0 atom stereocenters. The zero-order valence-electron chi connectivity index (χ0n) is 7.31. The zero-order valence-corrected chi connectivity index (χ0v) is 7.31. The fourth-order valence-electron chi connectivity index (χ4n) is 1.21. The molecule has 0 aliphatic heterocycles. The number of rotatable bonds is 4. The number of nitrogens with zero attached hydrogens (tertiary/aromatic N) is 3. The number of hydrogen-bond donors (Lipinski definition) is 1. The first kappa shape index (κ1) is 8.37. The molecule has 0 unspecified atom stereocenters. The third-order valence-electron chi connectivity index (χ3n) is 2.10. The highest BCUT2D eigenvalue weighted by Crippen LogP contribution is 2.31. The van der Waals surface area contributed by atoms with Crippen molar-refractivity contribution >= 4 is 5.78 Å². The lowest BCUT2D eigenvalue weighted by atomic mass is 10.2. The van der Waals surface area contributed by atoms with Crippen molar-refractivity contribution in [2.75, 3.05) is 6.54 Å². The summed E-state index contributed by atoms with van der Waals surface area (Å²) in [6, 6.07) is 0. The van der Waals surface area contributed by atoms with Crippen LogP contribution in [-0.4, -0.2) is 27.3 Å². The molecule has 5 nitrogen and oxygen atoms in total. The van der Waals surface area contributed by atoms with E-state index in [-0.39, 0.29) is 11.7 Å². The average molecular weight is 180 g/mol. The van der Waals surface area contributed by atoms with Gasteiger partial charge in [-0.2, -0.15) is 0 Å². The Kier molecular flexibility index (Phi) is 2.10. The molecule has 1 aliphatic carbocycles. The van der Waals surface area contributed by atoms with Gasteiger partial charge in [-0.15, -0.1) is 5.10 Å². The number of Topliss-reactive ketones (excluding diaryl/α,β-unsaturated/α-hetero) is 1. The van der Waals surface area contributed by atoms with Crippen molar-refractivity contribution in [3.63, 3.8) is 0 Å². The second-order valence-electron chi connectivity index (χ2n) is 3.29. The molecule has 13 heavy (non-hydrogen) atoms. The van der Waals surface area contributed by atoms with Crippen molar-refractivity contribution in [3.8, 4) is 0 Å². The molecule has 1 aromatic heterocycles. The maximum absolute atomic E-state index is 11.5. The zero-order chi connectivity index (χ0) is 9.26. The first-order chi connectivity index (χ1) is 6.31. The minimum atomic E-state index is 0.128. The first-order valence-electron chi connectivity index (χ1n) is 4.45. The van der Waals surface area contributed by atoms with Crippen LogP contribution >= 0.6 is 0 Å². The molecular formula is C8H12N4O. The van der Waals surface area contributed by atoms with Crippen LogP contribution in [0.4, 0.5) is 0 Å². The second-order valence-corrected chi connectivity index (χ2v) is 3.29. The van der Waals surface area contributed by atoms with Gasteiger partial charge in [-0.25, -0.2) is 0 Å². The maximum atomic E-state index is 11.5. The van der Waals surface area contributed by atoms with Crippen LogP contribution in [-0.2, 0) is 6.54 Å². The highest BCUT2D eigenvalue weighted by atomic mass is 16.1. The predicted octanol–water partition coefficient (Wildman–Crippen LogP) is -0.171. The molecule has 70 valence electrons. The average Bonchev–Trinajstić information content (AvgIpc) is 2.87. The second kappa shape index (κ2) is 3.26. The summed E-state index contributed by atoms with van der Waals surface area (Å²) in [5.41, 5.74) is 5.83. The molecule has 0 radical (unpaired) electrons. The number of nitrogens with two attached hydrogens (primary N) is 1. The van der Waals surface area contributed by atoms with Crippen LogP contribution in [0.15, 0.2) is 6.20 Å². The highest BCUT2D eigenvalue weighted by Gasteiger charge is 2.32. The van der Waals surface area contributed by atoms with E-state index in [9.17, 15) is 4.79 Å². The first-order valence-corrected chi connectivity index (χ1v) is 4.45. The molecule has 1 saturated carbocycles. The Morgan fingerprint density at radius 3 is 3.08 bits per heavy atom. The Morgan fingerprint density at radius 1 is 1.69 bits per heavy atom. The van der Waals surface area contributed by atoms with E-state index in [2.05, 4.69) is 10.3 Å². The molecule has 0 amide bonds. The van der Waals surface area contributed by atoms with Crippen molar-refractivity contribution in [2.24, 2.45) is 11.7 Å². The van der Waals surface area contributed by atoms with Crippen LogP contribution in [0.25, 0.3) is 0 Å². The molecule has 0 saturated heterocycles. The van der Waals surface area contributed by atoms with Gasteiger partial charge in [-0.1, -0.05) is 5.21 Å². The molecule has 1 aromatic rings. The Labute approximate surface area is 75.9 Å². The Morgan fingerprint density at radius 2 is 2.46 bits per heavy atom. The van der Waals surface area contributed by atoms with E-state index in [1.165, 1.54) is 0 Å². The SMILES string of the molecule is NCCn1cc(C(=O)C2CC2)nn1. The normalized spacial score (nSPS) is 16.1. The summed E-state index contributed by atoms with van der Waals surface area (Å²) in [5, 5.41) is 7.61. The molecule has 1 heterocycles. The molecule has 2 rings (SSSR count). The van der Waals surface area contributed by atoms with Gasteiger partial charge < -0.3 is 5.73 Å². The molecule has 0 bridgehead atoms. The third-order valence-corrected chi connectivity index (χ3v) is 2.10. The standard InChI is InChI=1S/C8H12N4O/c9-3-4-12-5-7(10-11-12)8(13)6-1-2-6/h5-6H,1-4,9H2. The quantitative estimate of drug-likeness (QED) is 0.653. The summed E-state index contributed by atoms with van der Waals surface area (Å²) in [6.45, 7) is 1.13. The van der Waals surface area contributed by atoms with Crippen LogP contribution < -0.4 is 5.73 Å². The number of ketones is 1. The van der Waals surface area contributed by atoms with Crippen molar-refractivity contribution < 1.29 is 4.79 Å². The van der Waals surface area contributed by atoms with Crippen LogP contribution in [0.2, 0.25) is 0 Å². The van der Waals surface area contributed by atoms with Crippen molar-refractivity contribution in [3.05, 3.63) is 11.9 Å². The topological polar surface area (TPSA) is 73.8 Å². The Bertz CT molecular complexity index is 316. The lowest BCUT2D eigenvalue weighted by Crippen LogP contribution is -2.10. The minimum absolute atomic E-state index is 0.128. The van der Waals surface area contributed by atoms with E-state index in [4.69, 9.17) is 5.73 Å². The van der Waals surface area contributed by atoms with E-state index >= 15 is 0 Å². The molecular weight excluding hydrogens is 168 g/mol. The van der Waals surface area contributed by atoms with E-state index in [0.717, 1.165) is 12.8 Å². The molecule has 2 N–H and O–H groups in total. The molecule has 1 fully saturated rings. The van der Waals surface area contributed by atoms with E-state index < -0.39 is 0 Å². The van der Waals surface area contributed by atoms with Crippen molar-refractivity contribution in [1.82, 2.24) is 15.0 Å². The number of carbonyl (C=O) groups excluding carboxylic acids is 1. The van der Waals surface area contributed by atoms with E-state index in [1.807, 2.05) is 0 Å². The van der Waals surface area contributed by atoms with Gasteiger partial charge in [0.2, 0.25) is 0 Å². The van der Waals surface area contributed by atoms with Gasteiger partial charge in [0.25, 0.3) is 0 Å². The minimum Gasteiger partial charge on any atom is -0.329 e. The summed E-state index contributed by atoms with van der Waals surface area (Å²) < 4.78 is 1.61. The van der Waals surface area contributed by atoms with Crippen LogP contribution in [0.3, 0.4) is 0 Å². The highest BCUT2D eigenvalue weighted by molar-refractivity contribution is 5.97. The van der Waals surface area contributed by atoms with E-state index in [1.54, 1.807) is 10.9 Å². The van der Waals surface area contributed by atoms with Gasteiger partial charge in [0.1, 0.15) is 5.69 Å². The molecule has 0 spiro atoms. The molecule has 5 heteroatoms. The summed E-state index contributed by atoms with van der Waals surface area (Å²) in [4.78, 5) is 11.5. The lowest BCUT2D eigenvalue weighted by Gasteiger charge is -1.92. The smallest absolute Gasteiger partial charge is 0.187 e. The molecule has 1 aliphatic rings. The number of carbonyl (C=O) groups is 1. The van der Waals surface area contributed by atoms with Gasteiger partial charge in [0.15, 0.2) is 5.78 Å². The predicted molar refractivity (Wildman–Crippen MR) is 46.1 cm³/mol. The van der Waals surface area contributed by atoms with Crippen molar-refractivity contribution in [1.29, 1.82) is 0 Å². The van der Waals surface area contributed by atoms with Gasteiger partial charge in [-0.3, -0.25) is 9.48 Å². The van der Waals surface area contributed by atoms with E-state index in [0.29, 0.717) is 18.8 Å². The Hall–Kier alpha value is -1.23. The summed E-state index contributed by atoms with van der Waals surface area (Å²) in [6.07, 6.45) is 3.68. The fraction of sp³-hybridized carbons (Fsp3) is 0.625. The lowest BCUT2D eigenvalue weighted by molar-refractivity contribution is 0.0962. The summed E-state index contributed by atoms with van der Waals surface area (Å²) in [7, 11) is 0. The van der Waals surface area contributed by atoms with Crippen molar-refractivity contribution in [2.45, 2.75) is 19.4 Å². The largest absolute Gasteiger partial charge is 0.329 e. The number of aromatic nitrogens is 3. The van der Waals surface area contributed by atoms with Gasteiger partial charge in [0.05, 0.1) is 12.7 Å². The van der Waals surface area contributed by atoms with Gasteiger partial charge >= 0.3 is 0 Å². The summed E-state index contributed by atoms with van der Waals surface area (Å²) >= 11 is 0.